The third-order valence-corrected chi connectivity index (χ3v) is 3.49. The minimum Gasteiger partial charge on any atom is -0.481 e. The van der Waals surface area contributed by atoms with Crippen LogP contribution < -0.4 is 4.90 Å². The van der Waals surface area contributed by atoms with Crippen molar-refractivity contribution in [2.75, 3.05) is 18.0 Å². The number of nitrogens with zero attached hydrogens (tertiary/aromatic N) is 1. The molecule has 0 aromatic heterocycles. The molecular formula is C16H23NO4. The van der Waals surface area contributed by atoms with E-state index in [1.807, 2.05) is 11.8 Å². The van der Waals surface area contributed by atoms with E-state index in [1.165, 1.54) is 0 Å². The highest BCUT2D eigenvalue weighted by atomic mass is 16.4. The Morgan fingerprint density at radius 2 is 1.95 bits per heavy atom. The quantitative estimate of drug-likeness (QED) is 0.770. The van der Waals surface area contributed by atoms with Gasteiger partial charge in [-0.2, -0.15) is 0 Å². The molecule has 0 bridgehead atoms. The van der Waals surface area contributed by atoms with Crippen molar-refractivity contribution in [3.8, 4) is 0 Å². The summed E-state index contributed by atoms with van der Waals surface area (Å²) in [6.45, 7) is 6.74. The van der Waals surface area contributed by atoms with Crippen LogP contribution in [0.4, 0.5) is 5.69 Å². The van der Waals surface area contributed by atoms with Crippen molar-refractivity contribution in [3.63, 3.8) is 0 Å². The van der Waals surface area contributed by atoms with Gasteiger partial charge in [-0.15, -0.1) is 0 Å². The number of aryl methyl sites for hydroxylation is 1. The number of anilines is 1. The number of carboxylic acids is 2. The first kappa shape index (κ1) is 17.0. The Morgan fingerprint density at radius 1 is 1.29 bits per heavy atom. The first-order valence-electron chi connectivity index (χ1n) is 7.18. The van der Waals surface area contributed by atoms with Crippen LogP contribution in [0.3, 0.4) is 0 Å². The van der Waals surface area contributed by atoms with Crippen molar-refractivity contribution in [1.82, 2.24) is 0 Å². The third kappa shape index (κ3) is 4.77. The van der Waals surface area contributed by atoms with Crippen molar-refractivity contribution in [2.45, 2.75) is 33.6 Å². The second kappa shape index (κ2) is 7.67. The smallest absolute Gasteiger partial charge is 0.335 e. The molecule has 0 saturated heterocycles. The van der Waals surface area contributed by atoms with E-state index in [-0.39, 0.29) is 5.56 Å². The van der Waals surface area contributed by atoms with Crippen molar-refractivity contribution >= 4 is 17.6 Å². The first-order chi connectivity index (χ1) is 9.86. The van der Waals surface area contributed by atoms with E-state index >= 15 is 0 Å². The summed E-state index contributed by atoms with van der Waals surface area (Å²) in [4.78, 5) is 24.2. The lowest BCUT2D eigenvalue weighted by Crippen LogP contribution is -2.33. The number of carbonyl (C=O) groups is 2. The van der Waals surface area contributed by atoms with Crippen LogP contribution in [-0.4, -0.2) is 35.2 Å². The van der Waals surface area contributed by atoms with Crippen molar-refractivity contribution in [3.05, 3.63) is 29.3 Å². The Bertz CT molecular complexity index is 513. The predicted octanol–water partition coefficient (Wildman–Crippen LogP) is 3.02. The summed E-state index contributed by atoms with van der Waals surface area (Å²) in [5.74, 6) is -2.32. The lowest BCUT2D eigenvalue weighted by molar-refractivity contribution is -0.140. The molecule has 0 aliphatic rings. The molecule has 1 unspecified atom stereocenters. The summed E-state index contributed by atoms with van der Waals surface area (Å²) in [5.41, 5.74) is 1.98. The molecule has 0 aliphatic carbocycles. The summed E-state index contributed by atoms with van der Waals surface area (Å²) < 4.78 is 0. The lowest BCUT2D eigenvalue weighted by Gasteiger charge is -2.28. The molecule has 116 valence electrons. The maximum atomic E-state index is 11.1. The molecule has 1 aromatic carbocycles. The Labute approximate surface area is 125 Å². The van der Waals surface area contributed by atoms with E-state index in [2.05, 4.69) is 6.92 Å². The molecule has 5 heteroatoms. The zero-order valence-electron chi connectivity index (χ0n) is 12.8. The molecule has 0 spiro atoms. The zero-order valence-corrected chi connectivity index (χ0v) is 12.8. The average molecular weight is 293 g/mol. The molecular weight excluding hydrogens is 270 g/mol. The van der Waals surface area contributed by atoms with Crippen LogP contribution in [-0.2, 0) is 4.79 Å². The monoisotopic (exact) mass is 293 g/mol. The summed E-state index contributed by atoms with van der Waals surface area (Å²) in [7, 11) is 0. The van der Waals surface area contributed by atoms with Gasteiger partial charge in [0.2, 0.25) is 0 Å². The number of rotatable bonds is 8. The van der Waals surface area contributed by atoms with E-state index < -0.39 is 17.9 Å². The first-order valence-corrected chi connectivity index (χ1v) is 7.18. The fourth-order valence-corrected chi connectivity index (χ4v) is 2.15. The van der Waals surface area contributed by atoms with Gasteiger partial charge < -0.3 is 15.1 Å². The number of hydrogen-bond acceptors (Lipinski definition) is 3. The van der Waals surface area contributed by atoms with Gasteiger partial charge in [-0.25, -0.2) is 4.79 Å². The van der Waals surface area contributed by atoms with E-state index in [0.29, 0.717) is 6.54 Å². The van der Waals surface area contributed by atoms with Gasteiger partial charge in [0.15, 0.2) is 0 Å². The fourth-order valence-electron chi connectivity index (χ4n) is 2.15. The zero-order chi connectivity index (χ0) is 16.0. The summed E-state index contributed by atoms with van der Waals surface area (Å²) in [5, 5.41) is 18.2. The molecule has 0 saturated carbocycles. The number of carboxylic acid groups (broad SMARTS) is 2. The average Bonchev–Trinajstić information content (AvgIpc) is 2.43. The molecule has 0 heterocycles. The molecule has 1 rings (SSSR count). The largest absolute Gasteiger partial charge is 0.481 e. The molecule has 0 aliphatic heterocycles. The summed E-state index contributed by atoms with van der Waals surface area (Å²) in [6, 6.07) is 4.96. The fraction of sp³-hybridized carbons (Fsp3) is 0.500. The molecule has 1 atom stereocenters. The minimum absolute atomic E-state index is 0.222. The van der Waals surface area contributed by atoms with Crippen LogP contribution in [0.1, 0.15) is 42.6 Å². The van der Waals surface area contributed by atoms with Crippen LogP contribution >= 0.6 is 0 Å². The predicted molar refractivity (Wildman–Crippen MR) is 82.1 cm³/mol. The Hall–Kier alpha value is -2.04. The molecule has 1 aromatic rings. The van der Waals surface area contributed by atoms with Gasteiger partial charge in [0.1, 0.15) is 0 Å². The second-order valence-corrected chi connectivity index (χ2v) is 5.35. The second-order valence-electron chi connectivity index (χ2n) is 5.35. The van der Waals surface area contributed by atoms with Crippen LogP contribution in [0, 0.1) is 12.8 Å². The number of unbranched alkanes of at least 4 members (excludes halogenated alkanes) is 1. The van der Waals surface area contributed by atoms with E-state index in [4.69, 9.17) is 10.2 Å². The Kier molecular flexibility index (Phi) is 6.21. The van der Waals surface area contributed by atoms with Crippen molar-refractivity contribution < 1.29 is 19.8 Å². The SMILES string of the molecule is CCCCN(CC(C)C(=O)O)c1cc(C(=O)O)ccc1C. The van der Waals surface area contributed by atoms with Gasteiger partial charge in [0.05, 0.1) is 11.5 Å². The van der Waals surface area contributed by atoms with Crippen LogP contribution in [0.2, 0.25) is 0 Å². The minimum atomic E-state index is -0.974. The number of aromatic carboxylic acids is 1. The maximum absolute atomic E-state index is 11.1. The van der Waals surface area contributed by atoms with Gasteiger partial charge in [0.25, 0.3) is 0 Å². The normalized spacial score (nSPS) is 12.0. The highest BCUT2D eigenvalue weighted by Gasteiger charge is 2.18. The Morgan fingerprint density at radius 3 is 2.48 bits per heavy atom. The van der Waals surface area contributed by atoms with E-state index in [1.54, 1.807) is 25.1 Å². The van der Waals surface area contributed by atoms with Crippen LogP contribution in [0.15, 0.2) is 18.2 Å². The molecule has 0 amide bonds. The topological polar surface area (TPSA) is 77.8 Å². The van der Waals surface area contributed by atoms with E-state index in [0.717, 1.165) is 30.6 Å². The third-order valence-electron chi connectivity index (χ3n) is 3.49. The van der Waals surface area contributed by atoms with Gasteiger partial charge in [-0.1, -0.05) is 26.3 Å². The molecule has 21 heavy (non-hydrogen) atoms. The van der Waals surface area contributed by atoms with Crippen LogP contribution in [0.5, 0.6) is 0 Å². The van der Waals surface area contributed by atoms with Gasteiger partial charge in [-0.05, 0) is 31.0 Å². The van der Waals surface area contributed by atoms with Gasteiger partial charge in [0, 0.05) is 18.8 Å². The summed E-state index contributed by atoms with van der Waals surface area (Å²) >= 11 is 0. The highest BCUT2D eigenvalue weighted by molar-refractivity contribution is 5.89. The molecule has 0 fully saturated rings. The number of hydrogen-bond donors (Lipinski definition) is 2. The highest BCUT2D eigenvalue weighted by Crippen LogP contribution is 2.23. The maximum Gasteiger partial charge on any atom is 0.335 e. The molecule has 2 N–H and O–H groups in total. The number of aliphatic carboxylic acids is 1. The van der Waals surface area contributed by atoms with Crippen LogP contribution in [0.25, 0.3) is 0 Å². The standard InChI is InChI=1S/C16H23NO4/c1-4-5-8-17(10-12(3)15(18)19)14-9-13(16(20)21)7-6-11(14)2/h6-7,9,12H,4-5,8,10H2,1-3H3,(H,18,19)(H,20,21). The molecule has 0 radical (unpaired) electrons. The van der Waals surface area contributed by atoms with Crippen molar-refractivity contribution in [1.29, 1.82) is 0 Å². The summed E-state index contributed by atoms with van der Waals surface area (Å²) in [6.07, 6.45) is 1.93. The Balaban J connectivity index is 3.09. The van der Waals surface area contributed by atoms with Crippen molar-refractivity contribution in [2.24, 2.45) is 5.92 Å². The van der Waals surface area contributed by atoms with Gasteiger partial charge >= 0.3 is 11.9 Å². The lowest BCUT2D eigenvalue weighted by atomic mass is 10.1. The number of benzene rings is 1. The van der Waals surface area contributed by atoms with E-state index in [9.17, 15) is 9.59 Å². The molecule has 5 nitrogen and oxygen atoms in total. The van der Waals surface area contributed by atoms with Gasteiger partial charge in [-0.3, -0.25) is 4.79 Å².